The third kappa shape index (κ3) is 3.31. The van der Waals surface area contributed by atoms with E-state index in [1.54, 1.807) is 0 Å². The van der Waals surface area contributed by atoms with E-state index in [2.05, 4.69) is 35.4 Å². The van der Waals surface area contributed by atoms with Gasteiger partial charge >= 0.3 is 0 Å². The first-order valence-corrected chi connectivity index (χ1v) is 6.41. The zero-order valence-corrected chi connectivity index (χ0v) is 11.5. The van der Waals surface area contributed by atoms with E-state index >= 15 is 0 Å². The van der Waals surface area contributed by atoms with Gasteiger partial charge in [0.1, 0.15) is 0 Å². The molecule has 1 aromatic heterocycles. The predicted molar refractivity (Wildman–Crippen MR) is 75.7 cm³/mol. The van der Waals surface area contributed by atoms with Gasteiger partial charge in [-0.2, -0.15) is 0 Å². The maximum Gasteiger partial charge on any atom is 0.0570 e. The Labute approximate surface area is 113 Å². The first kappa shape index (κ1) is 13.1. The van der Waals surface area contributed by atoms with Crippen molar-refractivity contribution < 1.29 is 0 Å². The first-order valence-electron chi connectivity index (χ1n) is 6.03. The zero-order valence-electron chi connectivity index (χ0n) is 10.7. The fourth-order valence-electron chi connectivity index (χ4n) is 1.81. The van der Waals surface area contributed by atoms with Crippen LogP contribution >= 0.6 is 11.6 Å². The molecular formula is C15H17ClN2. The van der Waals surface area contributed by atoms with Crippen molar-refractivity contribution in [3.05, 3.63) is 63.9 Å². The smallest absolute Gasteiger partial charge is 0.0570 e. The summed E-state index contributed by atoms with van der Waals surface area (Å²) >= 11 is 6.19. The van der Waals surface area contributed by atoms with Crippen molar-refractivity contribution in [1.29, 1.82) is 0 Å². The van der Waals surface area contributed by atoms with Crippen molar-refractivity contribution in [1.82, 2.24) is 10.3 Å². The van der Waals surface area contributed by atoms with Crippen LogP contribution in [0.4, 0.5) is 0 Å². The Morgan fingerprint density at radius 3 is 2.72 bits per heavy atom. The van der Waals surface area contributed by atoms with E-state index in [4.69, 9.17) is 11.6 Å². The lowest BCUT2D eigenvalue weighted by Crippen LogP contribution is -2.14. The highest BCUT2D eigenvalue weighted by Crippen LogP contribution is 2.17. The molecule has 0 saturated heterocycles. The molecule has 1 aromatic carbocycles. The number of aryl methyl sites for hydroxylation is 2. The number of nitrogens with one attached hydrogen (secondary N) is 1. The molecule has 1 N–H and O–H groups in total. The minimum Gasteiger partial charge on any atom is -0.307 e. The van der Waals surface area contributed by atoms with E-state index < -0.39 is 0 Å². The highest BCUT2D eigenvalue weighted by atomic mass is 35.5. The number of nitrogens with zero attached hydrogens (tertiary/aromatic N) is 1. The molecule has 0 aliphatic carbocycles. The molecule has 0 amide bonds. The normalized spacial score (nSPS) is 10.6. The molecule has 0 spiro atoms. The molecule has 94 valence electrons. The van der Waals surface area contributed by atoms with Gasteiger partial charge in [-0.05, 0) is 42.7 Å². The molecular weight excluding hydrogens is 244 g/mol. The fourth-order valence-corrected chi connectivity index (χ4v) is 2.12. The van der Waals surface area contributed by atoms with Gasteiger partial charge in [0.05, 0.1) is 5.69 Å². The summed E-state index contributed by atoms with van der Waals surface area (Å²) in [5.74, 6) is 0. The number of aromatic nitrogens is 1. The summed E-state index contributed by atoms with van der Waals surface area (Å²) in [6.07, 6.45) is 1.82. The quantitative estimate of drug-likeness (QED) is 0.908. The van der Waals surface area contributed by atoms with Gasteiger partial charge in [0, 0.05) is 24.3 Å². The van der Waals surface area contributed by atoms with Crippen LogP contribution in [0.15, 0.2) is 36.5 Å². The highest BCUT2D eigenvalue weighted by Gasteiger charge is 2.02. The van der Waals surface area contributed by atoms with Gasteiger partial charge in [0.2, 0.25) is 0 Å². The Balaban J connectivity index is 1.95. The summed E-state index contributed by atoms with van der Waals surface area (Å²) in [5.41, 5.74) is 4.60. The third-order valence-electron chi connectivity index (χ3n) is 2.93. The van der Waals surface area contributed by atoms with Crippen molar-refractivity contribution in [2.45, 2.75) is 26.9 Å². The van der Waals surface area contributed by atoms with E-state index in [1.165, 1.54) is 11.1 Å². The van der Waals surface area contributed by atoms with Gasteiger partial charge in [0.25, 0.3) is 0 Å². The second kappa shape index (κ2) is 5.98. The van der Waals surface area contributed by atoms with E-state index in [0.717, 1.165) is 29.4 Å². The van der Waals surface area contributed by atoms with Gasteiger partial charge < -0.3 is 5.32 Å². The molecule has 0 fully saturated rings. The summed E-state index contributed by atoms with van der Waals surface area (Å²) in [5, 5.41) is 4.19. The van der Waals surface area contributed by atoms with Crippen molar-refractivity contribution in [2.75, 3.05) is 0 Å². The zero-order chi connectivity index (χ0) is 13.0. The Morgan fingerprint density at radius 1 is 1.17 bits per heavy atom. The van der Waals surface area contributed by atoms with Gasteiger partial charge in [-0.1, -0.05) is 29.8 Å². The second-order valence-corrected chi connectivity index (χ2v) is 4.87. The number of benzene rings is 1. The van der Waals surface area contributed by atoms with Crippen LogP contribution in [0.25, 0.3) is 0 Å². The Hall–Kier alpha value is -1.38. The molecule has 0 aliphatic heterocycles. The number of hydrogen-bond acceptors (Lipinski definition) is 2. The summed E-state index contributed by atoms with van der Waals surface area (Å²) < 4.78 is 0. The summed E-state index contributed by atoms with van der Waals surface area (Å²) in [6, 6.07) is 10.2. The average molecular weight is 261 g/mol. The predicted octanol–water partition coefficient (Wildman–Crippen LogP) is 3.64. The molecule has 0 aliphatic rings. The van der Waals surface area contributed by atoms with Gasteiger partial charge in [-0.15, -0.1) is 0 Å². The summed E-state index contributed by atoms with van der Waals surface area (Å²) in [6.45, 7) is 5.63. The van der Waals surface area contributed by atoms with Crippen LogP contribution in [0.3, 0.4) is 0 Å². The molecule has 18 heavy (non-hydrogen) atoms. The summed E-state index contributed by atoms with van der Waals surface area (Å²) in [7, 11) is 0. The molecule has 0 saturated carbocycles. The molecule has 1 heterocycles. The van der Waals surface area contributed by atoms with Crippen LogP contribution in [-0.2, 0) is 13.1 Å². The van der Waals surface area contributed by atoms with Crippen LogP contribution < -0.4 is 5.32 Å². The highest BCUT2D eigenvalue weighted by molar-refractivity contribution is 6.31. The van der Waals surface area contributed by atoms with Gasteiger partial charge in [0.15, 0.2) is 0 Å². The minimum atomic E-state index is 0.759. The molecule has 0 atom stereocenters. The van der Waals surface area contributed by atoms with Crippen LogP contribution in [0.5, 0.6) is 0 Å². The Kier molecular flexibility index (Phi) is 4.34. The SMILES string of the molecule is Cc1ccc(CNCc2ncccc2C)c(Cl)c1. The largest absolute Gasteiger partial charge is 0.307 e. The van der Waals surface area contributed by atoms with Crippen molar-refractivity contribution in [2.24, 2.45) is 0 Å². The number of rotatable bonds is 4. The summed E-state index contributed by atoms with van der Waals surface area (Å²) in [4.78, 5) is 4.35. The monoisotopic (exact) mass is 260 g/mol. The van der Waals surface area contributed by atoms with E-state index in [-0.39, 0.29) is 0 Å². The van der Waals surface area contributed by atoms with E-state index in [0.29, 0.717) is 0 Å². The van der Waals surface area contributed by atoms with Crippen molar-refractivity contribution in [3.8, 4) is 0 Å². The lowest BCUT2D eigenvalue weighted by atomic mass is 10.1. The van der Waals surface area contributed by atoms with E-state index in [1.807, 2.05) is 25.3 Å². The second-order valence-electron chi connectivity index (χ2n) is 4.47. The maximum atomic E-state index is 6.19. The molecule has 2 rings (SSSR count). The molecule has 0 bridgehead atoms. The number of hydrogen-bond donors (Lipinski definition) is 1. The molecule has 0 radical (unpaired) electrons. The van der Waals surface area contributed by atoms with Crippen LogP contribution in [0.1, 0.15) is 22.4 Å². The maximum absolute atomic E-state index is 6.19. The van der Waals surface area contributed by atoms with Crippen molar-refractivity contribution >= 4 is 11.6 Å². The first-order chi connectivity index (χ1) is 8.66. The number of halogens is 1. The molecule has 0 unspecified atom stereocenters. The van der Waals surface area contributed by atoms with Crippen molar-refractivity contribution in [3.63, 3.8) is 0 Å². The van der Waals surface area contributed by atoms with Crippen LogP contribution in [-0.4, -0.2) is 4.98 Å². The van der Waals surface area contributed by atoms with Crippen LogP contribution in [0.2, 0.25) is 5.02 Å². The minimum absolute atomic E-state index is 0.759. The van der Waals surface area contributed by atoms with Gasteiger partial charge in [-0.3, -0.25) is 4.98 Å². The standard InChI is InChI=1S/C15H17ClN2/c1-11-5-6-13(14(16)8-11)9-17-10-15-12(2)4-3-7-18-15/h3-8,17H,9-10H2,1-2H3. The third-order valence-corrected chi connectivity index (χ3v) is 3.29. The lowest BCUT2D eigenvalue weighted by molar-refractivity contribution is 0.676. The molecule has 3 heteroatoms. The fraction of sp³-hybridized carbons (Fsp3) is 0.267. The average Bonchev–Trinajstić information content (AvgIpc) is 2.34. The van der Waals surface area contributed by atoms with Crippen LogP contribution in [0, 0.1) is 13.8 Å². The molecule has 2 nitrogen and oxygen atoms in total. The molecule has 2 aromatic rings. The number of pyridine rings is 1. The Morgan fingerprint density at radius 2 is 2.00 bits per heavy atom. The topological polar surface area (TPSA) is 24.9 Å². The van der Waals surface area contributed by atoms with Gasteiger partial charge in [-0.25, -0.2) is 0 Å². The Bertz CT molecular complexity index is 538. The van der Waals surface area contributed by atoms with E-state index in [9.17, 15) is 0 Å². The lowest BCUT2D eigenvalue weighted by Gasteiger charge is -2.08.